The second-order valence-corrected chi connectivity index (χ2v) is 14.1. The first-order valence-corrected chi connectivity index (χ1v) is 17.4. The fraction of sp³-hybridized carbons (Fsp3) is 0. The van der Waals surface area contributed by atoms with E-state index in [1.165, 1.54) is 74.9 Å². The van der Waals surface area contributed by atoms with E-state index in [1.54, 1.807) is 0 Å². The molecule has 5 heteroatoms. The van der Waals surface area contributed by atoms with Gasteiger partial charge in [0.25, 0.3) is 0 Å². The van der Waals surface area contributed by atoms with E-state index >= 15 is 0 Å². The number of hydrogen-bond acceptors (Lipinski definition) is 3. The third-order valence-electron chi connectivity index (χ3n) is 10.4. The normalized spacial score (nSPS) is 12.5. The fourth-order valence-electron chi connectivity index (χ4n) is 8.35. The van der Waals surface area contributed by atoms with E-state index in [0.29, 0.717) is 0 Å². The predicted molar refractivity (Wildman–Crippen MR) is 207 cm³/mol. The van der Waals surface area contributed by atoms with Crippen LogP contribution in [-0.2, 0) is 0 Å². The monoisotopic (exact) mass is 640 g/mol. The molecule has 0 unspecified atom stereocenters. The van der Waals surface area contributed by atoms with Gasteiger partial charge in [-0.1, -0.05) is 78.9 Å². The van der Waals surface area contributed by atoms with Crippen molar-refractivity contribution in [2.75, 3.05) is 0 Å². The van der Waals surface area contributed by atoms with E-state index in [1.807, 2.05) is 23.5 Å². The van der Waals surface area contributed by atoms with Gasteiger partial charge in [0.15, 0.2) is 5.65 Å². The summed E-state index contributed by atoms with van der Waals surface area (Å²) in [6, 6.07) is 52.7. The number of hydrogen-bond donors (Lipinski definition) is 0. The zero-order valence-electron chi connectivity index (χ0n) is 26.1. The van der Waals surface area contributed by atoms with Crippen molar-refractivity contribution in [2.45, 2.75) is 0 Å². The Hall–Kier alpha value is -6.30. The number of para-hydroxylation sites is 4. The van der Waals surface area contributed by atoms with Crippen LogP contribution < -0.4 is 0 Å². The number of thiophene rings is 1. The molecule has 0 N–H and O–H groups in total. The van der Waals surface area contributed by atoms with Crippen molar-refractivity contribution in [1.82, 2.24) is 18.9 Å². The average molecular weight is 641 g/mol. The third kappa shape index (κ3) is 3.32. The highest BCUT2D eigenvalue weighted by molar-refractivity contribution is 7.26. The van der Waals surface area contributed by atoms with Crippen LogP contribution in [0.1, 0.15) is 0 Å². The smallest absolute Gasteiger partial charge is 0.165 e. The molecule has 0 saturated heterocycles. The van der Waals surface area contributed by atoms with Crippen LogP contribution in [0.4, 0.5) is 0 Å². The molecule has 49 heavy (non-hydrogen) atoms. The SMILES string of the molecule is c1ccc(-n2c3ccccc3c3ccc(-c4cc5c6nc7ccccc7nc6n6c7ccc8sc9ccccc9c8c7c(c4)c56)cc32)cc1. The molecule has 0 bridgehead atoms. The topological polar surface area (TPSA) is 35.1 Å². The summed E-state index contributed by atoms with van der Waals surface area (Å²) in [6.45, 7) is 0. The minimum absolute atomic E-state index is 0.907. The Kier molecular flexibility index (Phi) is 4.83. The third-order valence-corrected chi connectivity index (χ3v) is 11.5. The summed E-state index contributed by atoms with van der Waals surface area (Å²) in [5, 5.41) is 8.79. The minimum atomic E-state index is 0.907. The van der Waals surface area contributed by atoms with E-state index in [4.69, 9.17) is 9.97 Å². The van der Waals surface area contributed by atoms with Gasteiger partial charge in [0.2, 0.25) is 0 Å². The average Bonchev–Trinajstić information content (AvgIpc) is 3.89. The van der Waals surface area contributed by atoms with Gasteiger partial charge in [-0.2, -0.15) is 0 Å². The maximum absolute atomic E-state index is 5.26. The lowest BCUT2D eigenvalue weighted by molar-refractivity contribution is 1.18. The Labute approximate surface area is 283 Å². The second kappa shape index (κ2) is 9.19. The van der Waals surface area contributed by atoms with E-state index in [9.17, 15) is 0 Å². The number of benzene rings is 7. The lowest BCUT2D eigenvalue weighted by Gasteiger charge is -2.09. The molecule has 12 aromatic rings. The number of nitrogens with zero attached hydrogens (tertiary/aromatic N) is 4. The van der Waals surface area contributed by atoms with Crippen molar-refractivity contribution in [3.8, 4) is 16.8 Å². The van der Waals surface area contributed by atoms with Crippen molar-refractivity contribution in [1.29, 1.82) is 0 Å². The summed E-state index contributed by atoms with van der Waals surface area (Å²) in [4.78, 5) is 10.5. The van der Waals surface area contributed by atoms with Gasteiger partial charge in [-0.3, -0.25) is 4.40 Å². The van der Waals surface area contributed by atoms with Gasteiger partial charge in [-0.15, -0.1) is 11.3 Å². The molecule has 7 aromatic carbocycles. The van der Waals surface area contributed by atoms with Crippen LogP contribution in [0.15, 0.2) is 146 Å². The second-order valence-electron chi connectivity index (χ2n) is 13.0. The summed E-state index contributed by atoms with van der Waals surface area (Å²) in [5.41, 5.74) is 11.9. The maximum atomic E-state index is 5.26. The molecule has 12 rings (SSSR count). The van der Waals surface area contributed by atoms with Crippen molar-refractivity contribution in [3.05, 3.63) is 146 Å². The summed E-state index contributed by atoms with van der Waals surface area (Å²) in [5.74, 6) is 0. The van der Waals surface area contributed by atoms with E-state index in [2.05, 4.69) is 142 Å². The molecule has 0 spiro atoms. The lowest BCUT2D eigenvalue weighted by atomic mass is 9.98. The molecule has 226 valence electrons. The highest BCUT2D eigenvalue weighted by Crippen LogP contribution is 2.47. The van der Waals surface area contributed by atoms with Gasteiger partial charge in [0.1, 0.15) is 5.52 Å². The molecule has 0 amide bonds. The Morgan fingerprint density at radius 3 is 2.08 bits per heavy atom. The first-order chi connectivity index (χ1) is 24.3. The van der Waals surface area contributed by atoms with Crippen LogP contribution >= 0.6 is 11.3 Å². The molecule has 0 atom stereocenters. The van der Waals surface area contributed by atoms with Gasteiger partial charge >= 0.3 is 0 Å². The largest absolute Gasteiger partial charge is 0.309 e. The Bertz CT molecular complexity index is 3330. The van der Waals surface area contributed by atoms with Gasteiger partial charge < -0.3 is 4.57 Å². The van der Waals surface area contributed by atoms with Crippen LogP contribution in [0.2, 0.25) is 0 Å². The molecule has 4 nitrogen and oxygen atoms in total. The summed E-state index contributed by atoms with van der Waals surface area (Å²) >= 11 is 1.87. The molecule has 0 saturated carbocycles. The minimum Gasteiger partial charge on any atom is -0.309 e. The summed E-state index contributed by atoms with van der Waals surface area (Å²) in [6.07, 6.45) is 0. The van der Waals surface area contributed by atoms with Crippen molar-refractivity contribution < 1.29 is 0 Å². The molecule has 0 aliphatic rings. The van der Waals surface area contributed by atoms with Crippen LogP contribution in [0.25, 0.3) is 108 Å². The molecule has 0 fully saturated rings. The molecule has 5 heterocycles. The molecule has 0 aliphatic heterocycles. The number of aromatic nitrogens is 4. The van der Waals surface area contributed by atoms with Crippen molar-refractivity contribution in [3.63, 3.8) is 0 Å². The lowest BCUT2D eigenvalue weighted by Crippen LogP contribution is -1.93. The van der Waals surface area contributed by atoms with E-state index < -0.39 is 0 Å². The van der Waals surface area contributed by atoms with Gasteiger partial charge in [0, 0.05) is 52.8 Å². The predicted octanol–water partition coefficient (Wildman–Crippen LogP) is 11.9. The summed E-state index contributed by atoms with van der Waals surface area (Å²) in [7, 11) is 0. The first-order valence-electron chi connectivity index (χ1n) is 16.6. The molecule has 5 aromatic heterocycles. The van der Waals surface area contributed by atoms with Gasteiger partial charge in [-0.25, -0.2) is 9.97 Å². The Morgan fingerprint density at radius 1 is 0.449 bits per heavy atom. The van der Waals surface area contributed by atoms with E-state index in [-0.39, 0.29) is 0 Å². The highest BCUT2D eigenvalue weighted by Gasteiger charge is 2.24. The van der Waals surface area contributed by atoms with Crippen molar-refractivity contribution in [2.24, 2.45) is 0 Å². The molecular formula is C44H24N4S. The van der Waals surface area contributed by atoms with Gasteiger partial charge in [0.05, 0.1) is 33.1 Å². The quantitative estimate of drug-likeness (QED) is 0.188. The van der Waals surface area contributed by atoms with Crippen molar-refractivity contribution >= 4 is 103 Å². The maximum Gasteiger partial charge on any atom is 0.165 e. The zero-order valence-corrected chi connectivity index (χ0v) is 26.9. The molecular weight excluding hydrogens is 617 g/mol. The Balaban J connectivity index is 1.25. The fourth-order valence-corrected chi connectivity index (χ4v) is 9.46. The van der Waals surface area contributed by atoms with Crippen LogP contribution in [0.5, 0.6) is 0 Å². The first kappa shape index (κ1) is 25.7. The van der Waals surface area contributed by atoms with E-state index in [0.717, 1.165) is 33.3 Å². The standard InChI is InChI=1S/C44H24N4S/c1-2-10-27(11-3-1)47-35-16-8-4-12-28(35)29-19-18-25(24-37(29)47)26-22-31-40-36(20-21-39-41(40)30-13-5-9-17-38(30)49-39)48-43(31)32(23-26)42-44(48)46-34-15-7-6-14-33(34)45-42/h1-24H. The Morgan fingerprint density at radius 2 is 1.18 bits per heavy atom. The van der Waals surface area contributed by atoms with Gasteiger partial charge in [-0.05, 0) is 77.9 Å². The van der Waals surface area contributed by atoms with Crippen LogP contribution in [0.3, 0.4) is 0 Å². The number of fused-ring (bicyclic) bond motifs is 14. The highest BCUT2D eigenvalue weighted by atomic mass is 32.1. The van der Waals surface area contributed by atoms with Crippen LogP contribution in [0, 0.1) is 0 Å². The molecule has 0 radical (unpaired) electrons. The zero-order chi connectivity index (χ0) is 31.8. The molecule has 0 aliphatic carbocycles. The number of rotatable bonds is 2. The van der Waals surface area contributed by atoms with Crippen LogP contribution in [-0.4, -0.2) is 18.9 Å². The summed E-state index contributed by atoms with van der Waals surface area (Å²) < 4.78 is 7.37.